The van der Waals surface area contributed by atoms with Crippen LogP contribution < -0.4 is 5.32 Å². The fourth-order valence-electron chi connectivity index (χ4n) is 4.05. The van der Waals surface area contributed by atoms with Crippen LogP contribution >= 0.6 is 0 Å². The van der Waals surface area contributed by atoms with E-state index in [0.29, 0.717) is 17.5 Å². The van der Waals surface area contributed by atoms with Crippen molar-refractivity contribution in [2.24, 2.45) is 5.92 Å². The molecule has 1 atom stereocenters. The fraction of sp³-hybridized carbons (Fsp3) is 0.400. The molecule has 1 amide bonds. The summed E-state index contributed by atoms with van der Waals surface area (Å²) in [5, 5.41) is 7.10. The van der Waals surface area contributed by atoms with Gasteiger partial charge in [-0.05, 0) is 42.9 Å². The Morgan fingerprint density at radius 2 is 2.08 bits per heavy atom. The van der Waals surface area contributed by atoms with Crippen molar-refractivity contribution in [1.82, 2.24) is 20.0 Å². The van der Waals surface area contributed by atoms with Crippen LogP contribution in [0, 0.1) is 5.92 Å². The van der Waals surface area contributed by atoms with Crippen molar-refractivity contribution in [1.29, 1.82) is 0 Å². The molecule has 25 heavy (non-hydrogen) atoms. The predicted molar refractivity (Wildman–Crippen MR) is 98.3 cm³/mol. The fourth-order valence-corrected chi connectivity index (χ4v) is 4.05. The minimum atomic E-state index is -0.0557. The van der Waals surface area contributed by atoms with Crippen LogP contribution in [0.5, 0.6) is 0 Å². The Balaban J connectivity index is 1.27. The van der Waals surface area contributed by atoms with Crippen molar-refractivity contribution in [3.05, 3.63) is 59.9 Å². The van der Waals surface area contributed by atoms with E-state index in [1.54, 1.807) is 23.3 Å². The maximum Gasteiger partial charge on any atom is 0.254 e. The highest BCUT2D eigenvalue weighted by Crippen LogP contribution is 2.29. The van der Waals surface area contributed by atoms with E-state index < -0.39 is 0 Å². The number of nitrogens with zero attached hydrogens (tertiary/aromatic N) is 3. The zero-order chi connectivity index (χ0) is 17.2. The van der Waals surface area contributed by atoms with Crippen LogP contribution in [0.25, 0.3) is 6.20 Å². The number of likely N-dealkylation sites (tertiary alicyclic amines) is 1. The Kier molecular flexibility index (Phi) is 4.40. The highest BCUT2D eigenvalue weighted by atomic mass is 16.1. The number of carbonyl (C=O) groups excluding carboxylic acids is 1. The number of aromatic nitrogens is 2. The third-order valence-electron chi connectivity index (χ3n) is 5.47. The number of carbonyl (C=O) groups is 1. The van der Waals surface area contributed by atoms with E-state index in [1.165, 1.54) is 11.1 Å². The summed E-state index contributed by atoms with van der Waals surface area (Å²) in [5.41, 5.74) is 3.59. The quantitative estimate of drug-likeness (QED) is 0.911. The molecular weight excluding hydrogens is 312 g/mol. The molecular formula is C20H24N4O. The summed E-state index contributed by atoms with van der Waals surface area (Å²) in [6.07, 6.45) is 8.32. The van der Waals surface area contributed by atoms with E-state index in [4.69, 9.17) is 0 Å². The maximum absolute atomic E-state index is 12.2. The van der Waals surface area contributed by atoms with Gasteiger partial charge in [-0.2, -0.15) is 5.10 Å². The van der Waals surface area contributed by atoms with E-state index in [2.05, 4.69) is 46.2 Å². The largest absolute Gasteiger partial charge is 0.352 e. The lowest BCUT2D eigenvalue weighted by molar-refractivity contribution is 0.0947. The molecule has 5 heteroatoms. The van der Waals surface area contributed by atoms with Crippen molar-refractivity contribution in [2.45, 2.75) is 25.3 Å². The van der Waals surface area contributed by atoms with Gasteiger partial charge in [0, 0.05) is 31.5 Å². The first-order valence-electron chi connectivity index (χ1n) is 8.98. The van der Waals surface area contributed by atoms with Crippen LogP contribution in [-0.4, -0.2) is 46.3 Å². The van der Waals surface area contributed by atoms with E-state index >= 15 is 0 Å². The van der Waals surface area contributed by atoms with E-state index in [9.17, 15) is 4.79 Å². The van der Waals surface area contributed by atoms with Gasteiger partial charge < -0.3 is 5.32 Å². The molecule has 2 aliphatic rings. The highest BCUT2D eigenvalue weighted by Gasteiger charge is 2.32. The molecule has 1 aliphatic heterocycles. The number of nitrogens with one attached hydrogen (secondary N) is 1. The molecule has 1 aliphatic carbocycles. The van der Waals surface area contributed by atoms with Gasteiger partial charge >= 0.3 is 0 Å². The third kappa shape index (κ3) is 3.37. The SMILES string of the molecule is C=Cn1cc(C(=O)NCC2CCN(C3Cc4ccccc4C3)C2)cn1. The van der Waals surface area contributed by atoms with Crippen LogP contribution in [-0.2, 0) is 12.8 Å². The standard InChI is InChI=1S/C20H24N4O/c1-2-24-14-18(12-22-24)20(25)21-11-15-7-8-23(13-15)19-9-16-5-3-4-6-17(16)10-19/h2-6,12,14-15,19H,1,7-11,13H2,(H,21,25). The molecule has 2 aromatic rings. The zero-order valence-corrected chi connectivity index (χ0v) is 14.4. The average molecular weight is 336 g/mol. The Morgan fingerprint density at radius 1 is 1.32 bits per heavy atom. The Labute approximate surface area is 148 Å². The molecule has 4 rings (SSSR count). The smallest absolute Gasteiger partial charge is 0.254 e. The monoisotopic (exact) mass is 336 g/mol. The molecule has 5 nitrogen and oxygen atoms in total. The van der Waals surface area contributed by atoms with Crippen molar-refractivity contribution in [3.63, 3.8) is 0 Å². The van der Waals surface area contributed by atoms with Gasteiger partial charge in [-0.25, -0.2) is 4.68 Å². The molecule has 130 valence electrons. The lowest BCUT2D eigenvalue weighted by atomic mass is 10.1. The first-order chi connectivity index (χ1) is 12.2. The van der Waals surface area contributed by atoms with Crippen molar-refractivity contribution < 1.29 is 4.79 Å². The van der Waals surface area contributed by atoms with Gasteiger partial charge in [-0.3, -0.25) is 9.69 Å². The molecule has 0 saturated carbocycles. The number of rotatable bonds is 5. The molecule has 1 aromatic carbocycles. The normalized spacial score (nSPS) is 20.6. The lowest BCUT2D eigenvalue weighted by Gasteiger charge is -2.23. The first-order valence-corrected chi connectivity index (χ1v) is 8.98. The first kappa shape index (κ1) is 16.1. The summed E-state index contributed by atoms with van der Waals surface area (Å²) in [6, 6.07) is 9.42. The van der Waals surface area contributed by atoms with Gasteiger partial charge in [0.15, 0.2) is 0 Å². The molecule has 0 spiro atoms. The van der Waals surface area contributed by atoms with Crippen molar-refractivity contribution >= 4 is 12.1 Å². The van der Waals surface area contributed by atoms with E-state index in [0.717, 1.165) is 38.9 Å². The second-order valence-electron chi connectivity index (χ2n) is 7.08. The minimum absolute atomic E-state index is 0.0557. The molecule has 1 N–H and O–H groups in total. The van der Waals surface area contributed by atoms with Gasteiger partial charge in [0.2, 0.25) is 0 Å². The second kappa shape index (κ2) is 6.84. The van der Waals surface area contributed by atoms with Gasteiger partial charge in [0.25, 0.3) is 5.91 Å². The van der Waals surface area contributed by atoms with Crippen LogP contribution in [0.1, 0.15) is 27.9 Å². The highest BCUT2D eigenvalue weighted by molar-refractivity contribution is 5.93. The van der Waals surface area contributed by atoms with Gasteiger partial charge in [-0.15, -0.1) is 0 Å². The molecule has 1 saturated heterocycles. The van der Waals surface area contributed by atoms with Gasteiger partial charge in [0.1, 0.15) is 0 Å². The summed E-state index contributed by atoms with van der Waals surface area (Å²) in [7, 11) is 0. The van der Waals surface area contributed by atoms with Crippen LogP contribution in [0.4, 0.5) is 0 Å². The number of amides is 1. The Bertz CT molecular complexity index is 757. The van der Waals surface area contributed by atoms with Crippen LogP contribution in [0.3, 0.4) is 0 Å². The maximum atomic E-state index is 12.2. The summed E-state index contributed by atoms with van der Waals surface area (Å²) >= 11 is 0. The molecule has 1 fully saturated rings. The van der Waals surface area contributed by atoms with Gasteiger partial charge in [-0.1, -0.05) is 30.8 Å². The van der Waals surface area contributed by atoms with Gasteiger partial charge in [0.05, 0.1) is 11.8 Å². The molecule has 2 heterocycles. The summed E-state index contributed by atoms with van der Waals surface area (Å²) < 4.78 is 1.55. The van der Waals surface area contributed by atoms with Crippen molar-refractivity contribution in [2.75, 3.05) is 19.6 Å². The Morgan fingerprint density at radius 3 is 2.76 bits per heavy atom. The number of fused-ring (bicyclic) bond motifs is 1. The average Bonchev–Trinajstić information content (AvgIpc) is 3.37. The zero-order valence-electron chi connectivity index (χ0n) is 14.4. The summed E-state index contributed by atoms with van der Waals surface area (Å²) in [6.45, 7) is 6.57. The number of hydrogen-bond acceptors (Lipinski definition) is 3. The van der Waals surface area contributed by atoms with Crippen LogP contribution in [0.2, 0.25) is 0 Å². The number of hydrogen-bond donors (Lipinski definition) is 1. The summed E-state index contributed by atoms with van der Waals surface area (Å²) in [5.74, 6) is 0.474. The molecule has 0 radical (unpaired) electrons. The molecule has 1 aromatic heterocycles. The molecule has 0 bridgehead atoms. The predicted octanol–water partition coefficient (Wildman–Crippen LogP) is 2.20. The topological polar surface area (TPSA) is 50.2 Å². The lowest BCUT2D eigenvalue weighted by Crippen LogP contribution is -2.36. The summed E-state index contributed by atoms with van der Waals surface area (Å²) in [4.78, 5) is 14.8. The Hall–Kier alpha value is -2.40. The number of benzene rings is 1. The van der Waals surface area contributed by atoms with E-state index in [-0.39, 0.29) is 5.91 Å². The van der Waals surface area contributed by atoms with Crippen LogP contribution in [0.15, 0.2) is 43.2 Å². The minimum Gasteiger partial charge on any atom is -0.352 e. The third-order valence-corrected chi connectivity index (χ3v) is 5.47. The second-order valence-corrected chi connectivity index (χ2v) is 7.08. The molecule has 1 unspecified atom stereocenters. The van der Waals surface area contributed by atoms with Crippen molar-refractivity contribution in [3.8, 4) is 0 Å². The van der Waals surface area contributed by atoms with E-state index in [1.807, 2.05) is 0 Å².